The number of nitrogens with two attached hydrogens (primary N) is 2. The molecule has 2 aromatic heterocycles. The quantitative estimate of drug-likeness (QED) is 0.186. The van der Waals surface area contributed by atoms with E-state index in [0.29, 0.717) is 64.7 Å². The van der Waals surface area contributed by atoms with Gasteiger partial charge in [-0.3, -0.25) is 15.2 Å². The van der Waals surface area contributed by atoms with Crippen LogP contribution in [0, 0.1) is 0 Å². The lowest BCUT2D eigenvalue weighted by Gasteiger charge is -2.32. The maximum atomic E-state index is 12.8. The molecule has 0 bridgehead atoms. The number of hydrogen-bond acceptors (Lipinski definition) is 10. The van der Waals surface area contributed by atoms with E-state index >= 15 is 0 Å². The van der Waals surface area contributed by atoms with E-state index in [1.54, 1.807) is 35.2 Å². The lowest BCUT2D eigenvalue weighted by molar-refractivity contribution is -0.120. The van der Waals surface area contributed by atoms with Crippen molar-refractivity contribution in [3.63, 3.8) is 0 Å². The zero-order valence-corrected chi connectivity index (χ0v) is 20.7. The molecule has 11 nitrogen and oxygen atoms in total. The number of carbonyl (C=O) groups is 1. The topological polar surface area (TPSA) is 166 Å². The van der Waals surface area contributed by atoms with Gasteiger partial charge in [-0.1, -0.05) is 23.2 Å². The second-order valence-corrected chi connectivity index (χ2v) is 9.01. The van der Waals surface area contributed by atoms with Crippen LogP contribution >= 0.6 is 23.2 Å². The van der Waals surface area contributed by atoms with Gasteiger partial charge in [-0.05, 0) is 55.3 Å². The number of halogens is 2. The Morgan fingerprint density at radius 1 is 1.06 bits per heavy atom. The SMILES string of the molecule is Nc1nc(NCCNc2ccc(N3CCCC(N)C3=O)c(-c3ccc(Cl)cc3Cl)n2)ccc1N(O)O. The van der Waals surface area contributed by atoms with Crippen LogP contribution < -0.4 is 32.2 Å². The third-order valence-electron chi connectivity index (χ3n) is 5.69. The second-order valence-electron chi connectivity index (χ2n) is 8.17. The number of aromatic nitrogens is 2. The second kappa shape index (κ2) is 11.1. The van der Waals surface area contributed by atoms with Crippen molar-refractivity contribution in [2.24, 2.45) is 5.73 Å². The van der Waals surface area contributed by atoms with Crippen molar-refractivity contribution in [2.75, 3.05) is 46.1 Å². The maximum Gasteiger partial charge on any atom is 0.243 e. The zero-order valence-electron chi connectivity index (χ0n) is 19.2. The fourth-order valence-electron chi connectivity index (χ4n) is 3.91. The molecule has 190 valence electrons. The van der Waals surface area contributed by atoms with E-state index in [2.05, 4.69) is 15.6 Å². The molecule has 0 spiro atoms. The summed E-state index contributed by atoms with van der Waals surface area (Å²) >= 11 is 12.6. The van der Waals surface area contributed by atoms with Crippen molar-refractivity contribution >= 4 is 57.9 Å². The standard InChI is InChI=1S/C23H26Cl2N8O3/c24-13-3-4-14(15(25)12-13)21-17(32-11-1-2-16(26)23(32)34)5-7-19(30-21)28-9-10-29-20-8-6-18(33(35)36)22(27)31-20/h3-8,12,16,35-36H,1-2,9-11,26H2,(H,28,30)(H3,27,29,31). The largest absolute Gasteiger partial charge is 0.382 e. The van der Waals surface area contributed by atoms with Gasteiger partial charge in [-0.2, -0.15) is 0 Å². The van der Waals surface area contributed by atoms with Gasteiger partial charge in [0.15, 0.2) is 5.82 Å². The van der Waals surface area contributed by atoms with Crippen LogP contribution in [0.1, 0.15) is 12.8 Å². The first-order chi connectivity index (χ1) is 17.2. The predicted molar refractivity (Wildman–Crippen MR) is 141 cm³/mol. The summed E-state index contributed by atoms with van der Waals surface area (Å²) in [5.41, 5.74) is 13.5. The molecule has 0 saturated carbocycles. The molecule has 1 fully saturated rings. The van der Waals surface area contributed by atoms with E-state index in [4.69, 9.17) is 50.1 Å². The van der Waals surface area contributed by atoms with Crippen LogP contribution in [0.5, 0.6) is 0 Å². The summed E-state index contributed by atoms with van der Waals surface area (Å²) < 4.78 is 0. The Morgan fingerprint density at radius 2 is 1.75 bits per heavy atom. The van der Waals surface area contributed by atoms with Gasteiger partial charge in [0.2, 0.25) is 5.91 Å². The molecule has 1 aliphatic rings. The normalized spacial score (nSPS) is 15.6. The number of pyridine rings is 2. The molecule has 1 aromatic carbocycles. The van der Waals surface area contributed by atoms with Gasteiger partial charge in [0.1, 0.15) is 17.3 Å². The molecule has 1 saturated heterocycles. The molecule has 3 heterocycles. The van der Waals surface area contributed by atoms with Gasteiger partial charge in [-0.25, -0.2) is 9.97 Å². The van der Waals surface area contributed by atoms with Crippen molar-refractivity contribution in [2.45, 2.75) is 18.9 Å². The van der Waals surface area contributed by atoms with Gasteiger partial charge >= 0.3 is 0 Å². The molecule has 36 heavy (non-hydrogen) atoms. The van der Waals surface area contributed by atoms with Crippen LogP contribution in [-0.4, -0.2) is 52.0 Å². The minimum atomic E-state index is -0.550. The number of rotatable bonds is 8. The molecule has 1 atom stereocenters. The summed E-state index contributed by atoms with van der Waals surface area (Å²) in [5, 5.41) is 25.3. The Labute approximate surface area is 217 Å². The summed E-state index contributed by atoms with van der Waals surface area (Å²) in [6, 6.07) is 11.2. The fourth-order valence-corrected chi connectivity index (χ4v) is 4.40. The summed E-state index contributed by atoms with van der Waals surface area (Å²) in [6.45, 7) is 1.49. The van der Waals surface area contributed by atoms with Gasteiger partial charge in [-0.15, -0.1) is 5.23 Å². The molecule has 1 amide bonds. The first-order valence-corrected chi connectivity index (χ1v) is 12.0. The van der Waals surface area contributed by atoms with Crippen LogP contribution in [0.25, 0.3) is 11.3 Å². The van der Waals surface area contributed by atoms with Crippen LogP contribution in [0.3, 0.4) is 0 Å². The zero-order chi connectivity index (χ0) is 25.8. The third kappa shape index (κ3) is 5.72. The Hall–Kier alpha value is -3.35. The van der Waals surface area contributed by atoms with Gasteiger partial charge in [0.25, 0.3) is 0 Å². The van der Waals surface area contributed by atoms with E-state index in [1.165, 1.54) is 6.07 Å². The number of nitrogens with one attached hydrogen (secondary N) is 2. The van der Waals surface area contributed by atoms with Crippen LogP contribution in [0.2, 0.25) is 10.0 Å². The molecule has 1 unspecified atom stereocenters. The first kappa shape index (κ1) is 25.7. The molecular formula is C23H26Cl2N8O3. The minimum absolute atomic E-state index is 0.0236. The molecule has 4 rings (SSSR count). The van der Waals surface area contributed by atoms with E-state index < -0.39 is 6.04 Å². The number of piperidine rings is 1. The Bertz CT molecular complexity index is 1260. The molecule has 0 radical (unpaired) electrons. The number of amides is 1. The van der Waals surface area contributed by atoms with Gasteiger partial charge in [0.05, 0.1) is 22.4 Å². The lowest BCUT2D eigenvalue weighted by atomic mass is 10.0. The number of anilines is 5. The van der Waals surface area contributed by atoms with Crippen LogP contribution in [0.15, 0.2) is 42.5 Å². The Balaban J connectivity index is 1.52. The highest BCUT2D eigenvalue weighted by Crippen LogP contribution is 2.37. The number of hydrogen-bond donors (Lipinski definition) is 6. The maximum absolute atomic E-state index is 12.8. The molecule has 3 aromatic rings. The number of nitrogens with zero attached hydrogens (tertiary/aromatic N) is 4. The highest BCUT2D eigenvalue weighted by Gasteiger charge is 2.29. The minimum Gasteiger partial charge on any atom is -0.382 e. The summed E-state index contributed by atoms with van der Waals surface area (Å²) in [7, 11) is 0. The predicted octanol–water partition coefficient (Wildman–Crippen LogP) is 3.60. The van der Waals surface area contributed by atoms with Crippen LogP contribution in [-0.2, 0) is 4.79 Å². The average Bonchev–Trinajstić information content (AvgIpc) is 2.83. The summed E-state index contributed by atoms with van der Waals surface area (Å²) in [6.07, 6.45) is 1.44. The Kier molecular flexibility index (Phi) is 7.97. The van der Waals surface area contributed by atoms with Gasteiger partial charge < -0.3 is 27.0 Å². The van der Waals surface area contributed by atoms with Crippen molar-refractivity contribution in [1.82, 2.24) is 9.97 Å². The number of carbonyl (C=O) groups excluding carboxylic acids is 1. The lowest BCUT2D eigenvalue weighted by Crippen LogP contribution is -2.48. The van der Waals surface area contributed by atoms with Crippen LogP contribution in [0.4, 0.5) is 28.8 Å². The highest BCUT2D eigenvalue weighted by atomic mass is 35.5. The van der Waals surface area contributed by atoms with Crippen molar-refractivity contribution in [1.29, 1.82) is 0 Å². The van der Waals surface area contributed by atoms with E-state index in [9.17, 15) is 4.79 Å². The van der Waals surface area contributed by atoms with Crippen molar-refractivity contribution in [3.05, 3.63) is 52.5 Å². The smallest absolute Gasteiger partial charge is 0.243 e. The first-order valence-electron chi connectivity index (χ1n) is 11.2. The molecule has 0 aliphatic carbocycles. The highest BCUT2D eigenvalue weighted by molar-refractivity contribution is 6.36. The summed E-state index contributed by atoms with van der Waals surface area (Å²) in [5.74, 6) is 0.862. The monoisotopic (exact) mass is 532 g/mol. The van der Waals surface area contributed by atoms with Crippen molar-refractivity contribution in [3.8, 4) is 11.3 Å². The number of benzene rings is 1. The number of nitrogen functional groups attached to an aromatic ring is 1. The fraction of sp³-hybridized carbons (Fsp3) is 0.261. The Morgan fingerprint density at radius 3 is 2.42 bits per heavy atom. The van der Waals surface area contributed by atoms with Gasteiger partial charge in [0, 0.05) is 30.2 Å². The average molecular weight is 533 g/mol. The molecular weight excluding hydrogens is 507 g/mol. The molecule has 1 aliphatic heterocycles. The van der Waals surface area contributed by atoms with Crippen molar-refractivity contribution < 1.29 is 15.2 Å². The molecule has 13 heteroatoms. The third-order valence-corrected chi connectivity index (χ3v) is 6.23. The summed E-state index contributed by atoms with van der Waals surface area (Å²) in [4.78, 5) is 23.3. The van der Waals surface area contributed by atoms with E-state index in [-0.39, 0.29) is 22.6 Å². The molecule has 8 N–H and O–H groups in total. The van der Waals surface area contributed by atoms with E-state index in [1.807, 2.05) is 6.07 Å². The van der Waals surface area contributed by atoms with E-state index in [0.717, 1.165) is 6.42 Å².